The molecule has 3 aliphatic rings. The zero-order chi connectivity index (χ0) is 67.8. The van der Waals surface area contributed by atoms with E-state index in [9.17, 15) is 64.3 Å². The number of aromatic nitrogens is 2. The molecular formula is C55H63N12O21PS4. The number of nitrogens with one attached hydrogen (secondary N) is 4. The van der Waals surface area contributed by atoms with Crippen molar-refractivity contribution in [1.82, 2.24) is 30.4 Å². The Kier molecular flexibility index (Phi) is 25.3. The van der Waals surface area contributed by atoms with Crippen LogP contribution in [0.4, 0.5) is 11.5 Å². The van der Waals surface area contributed by atoms with E-state index in [1.54, 1.807) is 31.2 Å². The lowest BCUT2D eigenvalue weighted by Gasteiger charge is -2.22. The second kappa shape index (κ2) is 32.6. The van der Waals surface area contributed by atoms with E-state index in [1.807, 2.05) is 6.26 Å². The van der Waals surface area contributed by atoms with Crippen LogP contribution in [0.5, 0.6) is 5.75 Å². The van der Waals surface area contributed by atoms with Crippen molar-refractivity contribution >= 4 is 95.7 Å². The van der Waals surface area contributed by atoms with Gasteiger partial charge in [-0.25, -0.2) is 9.36 Å². The Hall–Kier alpha value is -8.15. The molecule has 3 heterocycles. The number of azide groups is 1. The summed E-state index contributed by atoms with van der Waals surface area (Å²) in [5, 5.41) is 19.0. The third-order valence-electron chi connectivity index (χ3n) is 13.4. The number of anilines is 2. The van der Waals surface area contributed by atoms with E-state index in [0.29, 0.717) is 0 Å². The number of amides is 4. The summed E-state index contributed by atoms with van der Waals surface area (Å²) in [5.41, 5.74) is 19.3. The van der Waals surface area contributed by atoms with E-state index < -0.39 is 127 Å². The Balaban J connectivity index is 0.821. The molecule has 1 aromatic heterocycles. The zero-order valence-corrected chi connectivity index (χ0v) is 53.7. The standard InChI is InChI=1S/C55H63N12O21PS4/c1-31(91-90-3)86-41-26-46(87-42(41)28-85-89(73,74)75)67-27-33(52(58)63-55(67)72)10-7-19-60-44(69)29-82-23-24-83-45(64-65-59)30-84-34-11-6-9-32(25-34)53(70)62-21-20-61-43(68)14-8-22-66(2)54(71)36-13-5-4-12-35(36)47-37-15-17-39(56)50(92(76,77)78)48(37)88-49-38(47)16-18-40(57)51(49)93(79,80)81/h4-6,9,11-13,15-18,25,27,31,41-42,45-46,56H,8,14,19-24,26,28-30,57H2,1-3H3,(H,60,69)(H,61,68)(H,62,70)(H2,58,63,72)(H2,73,74,75)(H,76,77,78)(H,79,80,81)/t31-,41?,42+,45?,46+/m0/s1. The van der Waals surface area contributed by atoms with Gasteiger partial charge in [0.25, 0.3) is 32.1 Å². The highest BCUT2D eigenvalue weighted by molar-refractivity contribution is 8.76. The van der Waals surface area contributed by atoms with Crippen molar-refractivity contribution in [3.63, 3.8) is 0 Å². The summed E-state index contributed by atoms with van der Waals surface area (Å²) in [6.07, 6.45) is -0.385. The summed E-state index contributed by atoms with van der Waals surface area (Å²) >= 11 is 0. The highest BCUT2D eigenvalue weighted by Crippen LogP contribution is 2.46. The predicted molar refractivity (Wildman–Crippen MR) is 336 cm³/mol. The fourth-order valence-electron chi connectivity index (χ4n) is 9.37. The molecule has 7 rings (SSSR count). The molecule has 12 N–H and O–H groups in total. The van der Waals surface area contributed by atoms with Crippen molar-refractivity contribution in [3.8, 4) is 40.0 Å². The summed E-state index contributed by atoms with van der Waals surface area (Å²) < 4.78 is 122. The first-order chi connectivity index (χ1) is 44.1. The Labute approximate surface area is 538 Å². The first kappa shape index (κ1) is 72.3. The summed E-state index contributed by atoms with van der Waals surface area (Å²) in [6, 6.07) is 16.9. The monoisotopic (exact) mass is 1390 g/mol. The van der Waals surface area contributed by atoms with Crippen molar-refractivity contribution in [2.45, 2.75) is 66.1 Å². The van der Waals surface area contributed by atoms with E-state index in [0.717, 1.165) is 16.7 Å². The first-order valence-corrected chi connectivity index (χ1v) is 34.6. The molecule has 5 atom stereocenters. The summed E-state index contributed by atoms with van der Waals surface area (Å²) in [5.74, 6) is 2.79. The second-order valence-electron chi connectivity index (χ2n) is 20.0. The maximum Gasteiger partial charge on any atom is 0.469 e. The van der Waals surface area contributed by atoms with Crippen LogP contribution in [0.1, 0.15) is 58.7 Å². The lowest BCUT2D eigenvalue weighted by molar-refractivity contribution is -0.126. The van der Waals surface area contributed by atoms with E-state index in [2.05, 4.69) is 47.3 Å². The van der Waals surface area contributed by atoms with Crippen LogP contribution in [0, 0.1) is 17.3 Å². The number of rotatable bonds is 31. The number of nitrogens with zero attached hydrogens (tertiary/aromatic N) is 6. The van der Waals surface area contributed by atoms with Crippen LogP contribution in [0.15, 0.2) is 103 Å². The van der Waals surface area contributed by atoms with Crippen LogP contribution in [0.2, 0.25) is 0 Å². The fourth-order valence-corrected chi connectivity index (χ4v) is 12.6. The van der Waals surface area contributed by atoms with Gasteiger partial charge in [0.05, 0.1) is 49.1 Å². The molecule has 4 aromatic rings. The highest BCUT2D eigenvalue weighted by atomic mass is 33.1. The third-order valence-corrected chi connectivity index (χ3v) is 17.7. The number of ether oxygens (including phenoxy) is 5. The maximum atomic E-state index is 14.1. The molecule has 38 heteroatoms. The van der Waals surface area contributed by atoms with Gasteiger partial charge in [-0.2, -0.15) is 21.8 Å². The molecule has 4 amide bonds. The van der Waals surface area contributed by atoms with E-state index >= 15 is 0 Å². The van der Waals surface area contributed by atoms with Crippen LogP contribution in [-0.2, 0) is 57.9 Å². The summed E-state index contributed by atoms with van der Waals surface area (Å²) in [7, 11) is -10.8. The van der Waals surface area contributed by atoms with E-state index in [1.165, 1.54) is 76.1 Å². The number of benzene rings is 4. The van der Waals surface area contributed by atoms with Crippen molar-refractivity contribution in [2.24, 2.45) is 5.11 Å². The normalized spacial score (nSPS) is 15.5. The maximum absolute atomic E-state index is 14.1. The Morgan fingerprint density at radius 3 is 2.45 bits per heavy atom. The van der Waals surface area contributed by atoms with Crippen LogP contribution in [0.25, 0.3) is 43.9 Å². The van der Waals surface area contributed by atoms with Gasteiger partial charge in [-0.05, 0) is 79.2 Å². The van der Waals surface area contributed by atoms with Crippen LogP contribution >= 0.6 is 29.4 Å². The number of carbonyl (C=O) groups excluding carboxylic acids is 4. The molecule has 498 valence electrons. The molecule has 2 aliphatic heterocycles. The van der Waals surface area contributed by atoms with Gasteiger partial charge in [-0.15, -0.1) is 0 Å². The number of nitrogens with two attached hydrogens (primary N) is 2. The number of carbonyl (C=O) groups is 4. The minimum absolute atomic E-state index is 0.0206. The number of hydrogen-bond acceptors (Lipinski definition) is 24. The van der Waals surface area contributed by atoms with E-state index in [-0.39, 0.29) is 121 Å². The average Bonchev–Trinajstić information content (AvgIpc) is 1.21. The topological polar surface area (TPSA) is 502 Å². The quantitative estimate of drug-likeness (QED) is 0.00254. The third kappa shape index (κ3) is 19.9. The van der Waals surface area contributed by atoms with E-state index in [4.69, 9.17) is 50.5 Å². The van der Waals surface area contributed by atoms with Crippen molar-refractivity contribution in [3.05, 3.63) is 122 Å². The van der Waals surface area contributed by atoms with Gasteiger partial charge in [0.2, 0.25) is 11.8 Å². The molecule has 2 unspecified atom stereocenters. The second-order valence-corrected chi connectivity index (χ2v) is 26.7. The van der Waals surface area contributed by atoms with Gasteiger partial charge in [-0.1, -0.05) is 62.8 Å². The molecule has 1 fully saturated rings. The Morgan fingerprint density at radius 1 is 0.989 bits per heavy atom. The number of hydrogen-bond donors (Lipinski definition) is 10. The molecule has 33 nitrogen and oxygen atoms in total. The van der Waals surface area contributed by atoms with Crippen LogP contribution in [0.3, 0.4) is 0 Å². The number of phosphoric ester groups is 1. The lowest BCUT2D eigenvalue weighted by Crippen LogP contribution is -2.35. The summed E-state index contributed by atoms with van der Waals surface area (Å²) in [4.78, 5) is 89.9. The average molecular weight is 1390 g/mol. The number of nitrogen functional groups attached to an aromatic ring is 2. The van der Waals surface area contributed by atoms with Gasteiger partial charge in [0, 0.05) is 78.3 Å². The fraction of sp³-hybridized carbons (Fsp3) is 0.364. The van der Waals surface area contributed by atoms with Gasteiger partial charge in [0.15, 0.2) is 27.4 Å². The van der Waals surface area contributed by atoms with Gasteiger partial charge < -0.3 is 70.2 Å². The van der Waals surface area contributed by atoms with Gasteiger partial charge in [-0.3, -0.25) is 42.8 Å². The summed E-state index contributed by atoms with van der Waals surface area (Å²) in [6.45, 7) is 0.287. The minimum Gasteiger partial charge on any atom is -0.491 e. The smallest absolute Gasteiger partial charge is 0.469 e. The molecule has 1 saturated heterocycles. The van der Waals surface area contributed by atoms with Gasteiger partial charge >= 0.3 is 13.5 Å². The predicted octanol–water partition coefficient (Wildman–Crippen LogP) is 3.65. The first-order valence-electron chi connectivity index (χ1n) is 27.6. The highest BCUT2D eigenvalue weighted by Gasteiger charge is 2.40. The molecule has 0 radical (unpaired) electrons. The molecule has 1 aliphatic carbocycles. The van der Waals surface area contributed by atoms with Crippen LogP contribution < -0.4 is 43.2 Å². The largest absolute Gasteiger partial charge is 0.491 e. The molecule has 0 saturated carbocycles. The minimum atomic E-state index is -5.19. The lowest BCUT2D eigenvalue weighted by atomic mass is 9.90. The zero-order valence-electron chi connectivity index (χ0n) is 49.5. The SMILES string of the molecule is CSS[C@@H](C)OC1C[C@H](n2cc(C#CCNC(=O)COCCOC(COc3cccc(C(=O)NCCNC(=O)CCCN(C)C(=O)c4ccccc4-c4c5ccc(=N)c(S(=O)(=O)O)c-5oc5c(S(=O)(=O)O)c(N)ccc45)c3)N=[N+]=[N-])c(N)nc2=O)O[C@@H]1COP(=O)(O)O. The van der Waals surface area contributed by atoms with Crippen molar-refractivity contribution in [1.29, 1.82) is 5.41 Å². The Bertz CT molecular complexity index is 4250. The number of phosphoric acid groups is 1. The molecule has 93 heavy (non-hydrogen) atoms. The van der Waals surface area contributed by atoms with Crippen molar-refractivity contribution < 1.29 is 92.1 Å². The van der Waals surface area contributed by atoms with Gasteiger partial charge in [0.1, 0.15) is 42.5 Å². The van der Waals surface area contributed by atoms with Crippen LogP contribution in [-0.4, -0.2) is 170 Å². The Morgan fingerprint density at radius 2 is 1.73 bits per heavy atom. The molecule has 3 aromatic carbocycles. The molecular weight excluding hydrogens is 1320 g/mol. The number of fused-ring (bicyclic) bond motifs is 2. The van der Waals surface area contributed by atoms with Crippen molar-refractivity contribution in [2.75, 3.05) is 84.0 Å². The molecule has 0 spiro atoms. The molecule has 0 bridgehead atoms.